The van der Waals surface area contributed by atoms with Gasteiger partial charge in [-0.2, -0.15) is 12.6 Å². The van der Waals surface area contributed by atoms with Gasteiger partial charge < -0.3 is 21.3 Å². The van der Waals surface area contributed by atoms with Crippen molar-refractivity contribution in [1.29, 1.82) is 0 Å². The molecular weight excluding hydrogens is 356 g/mol. The van der Waals surface area contributed by atoms with Crippen LogP contribution in [-0.4, -0.2) is 54.1 Å². The van der Waals surface area contributed by atoms with E-state index < -0.39 is 28.8 Å². The molecule has 0 saturated heterocycles. The molecule has 26 heavy (non-hydrogen) atoms. The lowest BCUT2D eigenvalue weighted by Gasteiger charge is -2.24. The van der Waals surface area contributed by atoms with Gasteiger partial charge in [-0.05, 0) is 27.2 Å². The van der Waals surface area contributed by atoms with E-state index in [1.807, 2.05) is 27.7 Å². The van der Waals surface area contributed by atoms with Crippen molar-refractivity contribution >= 4 is 36.3 Å². The Kier molecular flexibility index (Phi) is 9.69. The first kappa shape index (κ1) is 24.2. The zero-order valence-corrected chi connectivity index (χ0v) is 17.4. The number of amides is 4. The predicted molar refractivity (Wildman–Crippen MR) is 104 cm³/mol. The highest BCUT2D eigenvalue weighted by molar-refractivity contribution is 7.80. The van der Waals surface area contributed by atoms with Gasteiger partial charge in [0.15, 0.2) is 0 Å². The van der Waals surface area contributed by atoms with Crippen molar-refractivity contribution in [3.63, 3.8) is 0 Å². The standard InChI is InChI=1S/C17H32N4O4S/c1-7-17(5,6)15(25)19-8-12(22)18-9-13(23)20-11(10-26)14(24)21-16(2,3)4/h11,26H,7-10H2,1-6H3,(H,18,22)(H,19,25)(H,20,23)(H,21,24). The molecule has 0 aromatic heterocycles. The molecule has 0 spiro atoms. The maximum absolute atomic E-state index is 12.1. The third kappa shape index (κ3) is 9.65. The Labute approximate surface area is 161 Å². The lowest BCUT2D eigenvalue weighted by molar-refractivity contribution is -0.132. The minimum Gasteiger partial charge on any atom is -0.350 e. The second kappa shape index (κ2) is 10.4. The third-order valence-corrected chi connectivity index (χ3v) is 4.05. The van der Waals surface area contributed by atoms with Crippen LogP contribution in [0, 0.1) is 5.41 Å². The van der Waals surface area contributed by atoms with Gasteiger partial charge in [0.2, 0.25) is 23.6 Å². The monoisotopic (exact) mass is 388 g/mol. The van der Waals surface area contributed by atoms with Gasteiger partial charge in [-0.15, -0.1) is 0 Å². The minimum absolute atomic E-state index is 0.129. The second-order valence-electron chi connectivity index (χ2n) is 7.74. The van der Waals surface area contributed by atoms with Crippen LogP contribution in [-0.2, 0) is 19.2 Å². The Balaban J connectivity index is 4.33. The Morgan fingerprint density at radius 1 is 0.923 bits per heavy atom. The summed E-state index contributed by atoms with van der Waals surface area (Å²) in [5.74, 6) is -1.44. The van der Waals surface area contributed by atoms with Crippen LogP contribution in [0.2, 0.25) is 0 Å². The summed E-state index contributed by atoms with van der Waals surface area (Å²) in [7, 11) is 0. The molecular formula is C17H32N4O4S. The summed E-state index contributed by atoms with van der Waals surface area (Å²) < 4.78 is 0. The molecule has 0 bridgehead atoms. The van der Waals surface area contributed by atoms with Crippen molar-refractivity contribution in [2.75, 3.05) is 18.8 Å². The normalized spacial score (nSPS) is 12.7. The van der Waals surface area contributed by atoms with Crippen molar-refractivity contribution in [1.82, 2.24) is 21.3 Å². The first-order chi connectivity index (χ1) is 11.8. The van der Waals surface area contributed by atoms with E-state index in [-0.39, 0.29) is 30.7 Å². The number of carbonyl (C=O) groups excluding carboxylic acids is 4. The topological polar surface area (TPSA) is 116 Å². The molecule has 0 rings (SSSR count). The molecule has 0 aliphatic heterocycles. The first-order valence-electron chi connectivity index (χ1n) is 8.59. The van der Waals surface area contributed by atoms with E-state index in [0.717, 1.165) is 0 Å². The predicted octanol–water partition coefficient (Wildman–Crippen LogP) is -0.0157. The van der Waals surface area contributed by atoms with Gasteiger partial charge in [0, 0.05) is 16.7 Å². The van der Waals surface area contributed by atoms with Gasteiger partial charge in [-0.1, -0.05) is 20.8 Å². The highest BCUT2D eigenvalue weighted by Gasteiger charge is 2.26. The fourth-order valence-corrected chi connectivity index (χ4v) is 1.96. The van der Waals surface area contributed by atoms with E-state index in [4.69, 9.17) is 0 Å². The van der Waals surface area contributed by atoms with E-state index >= 15 is 0 Å². The van der Waals surface area contributed by atoms with Gasteiger partial charge in [-0.25, -0.2) is 0 Å². The van der Waals surface area contributed by atoms with Crippen LogP contribution in [0.25, 0.3) is 0 Å². The number of rotatable bonds is 9. The van der Waals surface area contributed by atoms with Gasteiger partial charge in [0.05, 0.1) is 13.1 Å². The summed E-state index contributed by atoms with van der Waals surface area (Å²) in [6, 6.07) is -0.799. The molecule has 8 nitrogen and oxygen atoms in total. The minimum atomic E-state index is -0.799. The van der Waals surface area contributed by atoms with Crippen molar-refractivity contribution in [3.8, 4) is 0 Å². The van der Waals surface area contributed by atoms with Crippen LogP contribution in [0.15, 0.2) is 0 Å². The highest BCUT2D eigenvalue weighted by Crippen LogP contribution is 2.18. The molecule has 4 N–H and O–H groups in total. The van der Waals surface area contributed by atoms with Crippen molar-refractivity contribution < 1.29 is 19.2 Å². The third-order valence-electron chi connectivity index (χ3n) is 3.69. The number of nitrogens with one attached hydrogen (secondary N) is 4. The number of carbonyl (C=O) groups is 4. The Morgan fingerprint density at radius 3 is 1.92 bits per heavy atom. The van der Waals surface area contributed by atoms with E-state index in [0.29, 0.717) is 6.42 Å². The van der Waals surface area contributed by atoms with Gasteiger partial charge in [0.1, 0.15) is 6.04 Å². The van der Waals surface area contributed by atoms with Gasteiger partial charge in [0.25, 0.3) is 0 Å². The molecule has 9 heteroatoms. The quantitative estimate of drug-likeness (QED) is 0.357. The lowest BCUT2D eigenvalue weighted by atomic mass is 9.89. The summed E-state index contributed by atoms with van der Waals surface area (Å²) in [6.45, 7) is 10.4. The molecule has 0 aromatic rings. The van der Waals surface area contributed by atoms with E-state index in [2.05, 4.69) is 33.9 Å². The Bertz CT molecular complexity index is 529. The first-order valence-corrected chi connectivity index (χ1v) is 9.23. The molecule has 1 atom stereocenters. The lowest BCUT2D eigenvalue weighted by Crippen LogP contribution is -2.54. The van der Waals surface area contributed by atoms with Gasteiger partial charge in [-0.3, -0.25) is 19.2 Å². The maximum atomic E-state index is 12.1. The molecule has 0 aliphatic rings. The maximum Gasteiger partial charge on any atom is 0.243 e. The van der Waals surface area contributed by atoms with E-state index in [1.54, 1.807) is 13.8 Å². The second-order valence-corrected chi connectivity index (χ2v) is 8.10. The summed E-state index contributed by atoms with van der Waals surface area (Å²) in [6.07, 6.45) is 0.643. The van der Waals surface area contributed by atoms with Crippen LogP contribution < -0.4 is 21.3 Å². The number of hydrogen-bond acceptors (Lipinski definition) is 5. The zero-order chi connectivity index (χ0) is 20.5. The van der Waals surface area contributed by atoms with E-state index in [1.165, 1.54) is 0 Å². The molecule has 0 aliphatic carbocycles. The van der Waals surface area contributed by atoms with Crippen LogP contribution in [0.4, 0.5) is 0 Å². The number of thiol groups is 1. The summed E-state index contributed by atoms with van der Waals surface area (Å²) in [4.78, 5) is 47.6. The fraction of sp³-hybridized carbons (Fsp3) is 0.765. The van der Waals surface area contributed by atoms with Crippen molar-refractivity contribution in [3.05, 3.63) is 0 Å². The van der Waals surface area contributed by atoms with Crippen molar-refractivity contribution in [2.45, 2.75) is 59.5 Å². The fourth-order valence-electron chi connectivity index (χ4n) is 1.70. The molecule has 0 radical (unpaired) electrons. The average molecular weight is 389 g/mol. The molecule has 4 amide bonds. The highest BCUT2D eigenvalue weighted by atomic mass is 32.1. The molecule has 0 fully saturated rings. The van der Waals surface area contributed by atoms with E-state index in [9.17, 15) is 19.2 Å². The summed E-state index contributed by atoms with van der Waals surface area (Å²) in [5, 5.41) is 10.2. The molecule has 0 saturated carbocycles. The van der Waals surface area contributed by atoms with Gasteiger partial charge >= 0.3 is 0 Å². The van der Waals surface area contributed by atoms with Crippen LogP contribution in [0.5, 0.6) is 0 Å². The molecule has 0 heterocycles. The SMILES string of the molecule is CCC(C)(C)C(=O)NCC(=O)NCC(=O)NC(CS)C(=O)NC(C)(C)C. The number of hydrogen-bond donors (Lipinski definition) is 5. The average Bonchev–Trinajstić information content (AvgIpc) is 2.53. The van der Waals surface area contributed by atoms with Crippen LogP contribution in [0.3, 0.4) is 0 Å². The van der Waals surface area contributed by atoms with Crippen LogP contribution in [0.1, 0.15) is 48.0 Å². The smallest absolute Gasteiger partial charge is 0.243 e. The molecule has 1 unspecified atom stereocenters. The Hall–Kier alpha value is -1.77. The summed E-state index contributed by atoms with van der Waals surface area (Å²) >= 11 is 4.07. The summed E-state index contributed by atoms with van der Waals surface area (Å²) in [5.41, 5.74) is -0.987. The van der Waals surface area contributed by atoms with Crippen molar-refractivity contribution in [2.24, 2.45) is 5.41 Å². The van der Waals surface area contributed by atoms with Crippen LogP contribution >= 0.6 is 12.6 Å². The zero-order valence-electron chi connectivity index (χ0n) is 16.5. The Morgan fingerprint density at radius 2 is 1.46 bits per heavy atom. The molecule has 0 aromatic carbocycles. The largest absolute Gasteiger partial charge is 0.350 e. The molecule has 150 valence electrons.